The van der Waals surface area contributed by atoms with Gasteiger partial charge in [0.05, 0.1) is 6.61 Å². The van der Waals surface area contributed by atoms with E-state index in [1.807, 2.05) is 23.1 Å². The van der Waals surface area contributed by atoms with Crippen LogP contribution in [0.15, 0.2) is 24.3 Å². The van der Waals surface area contributed by atoms with Crippen LogP contribution in [-0.4, -0.2) is 32.2 Å². The molecule has 1 aliphatic rings. The number of benzene rings is 1. The van der Waals surface area contributed by atoms with Crippen molar-refractivity contribution < 1.29 is 9.53 Å². The van der Waals surface area contributed by atoms with E-state index in [0.29, 0.717) is 0 Å². The highest BCUT2D eigenvalue weighted by Gasteiger charge is 2.42. The minimum absolute atomic E-state index is 0. The second-order valence-electron chi connectivity index (χ2n) is 5.49. The highest BCUT2D eigenvalue weighted by molar-refractivity contribution is 5.99. The zero-order chi connectivity index (χ0) is 14.8. The summed E-state index contributed by atoms with van der Waals surface area (Å²) in [5.74, 6) is -0.0527. The normalized spacial score (nSPS) is 17.0. The number of hydrogen-bond acceptors (Lipinski definition) is 3. The highest BCUT2D eigenvalue weighted by atomic mass is 35.5. The lowest BCUT2D eigenvalue weighted by molar-refractivity contribution is -0.120. The summed E-state index contributed by atoms with van der Waals surface area (Å²) in [6.45, 7) is 5.34. The summed E-state index contributed by atoms with van der Waals surface area (Å²) in [5, 5.41) is 0. The summed E-state index contributed by atoms with van der Waals surface area (Å²) in [5.41, 5.74) is 8.25. The molecule has 4 nitrogen and oxygen atoms in total. The van der Waals surface area contributed by atoms with Crippen LogP contribution < -0.4 is 10.6 Å². The van der Waals surface area contributed by atoms with E-state index in [-0.39, 0.29) is 30.3 Å². The average Bonchev–Trinajstić information content (AvgIpc) is 2.82. The van der Waals surface area contributed by atoms with Gasteiger partial charge in [-0.1, -0.05) is 32.0 Å². The molecule has 5 heteroatoms. The average molecular weight is 313 g/mol. The van der Waals surface area contributed by atoms with E-state index in [2.05, 4.69) is 19.9 Å². The van der Waals surface area contributed by atoms with Crippen molar-refractivity contribution in [1.82, 2.24) is 0 Å². The molecule has 1 unspecified atom stereocenters. The molecule has 2 N–H and O–H groups in total. The molecule has 1 amide bonds. The van der Waals surface area contributed by atoms with Crippen molar-refractivity contribution >= 4 is 24.0 Å². The number of para-hydroxylation sites is 1. The Morgan fingerprint density at radius 3 is 2.57 bits per heavy atom. The molecule has 21 heavy (non-hydrogen) atoms. The number of ether oxygens (including phenoxy) is 1. The van der Waals surface area contributed by atoms with Crippen LogP contribution in [0.4, 0.5) is 5.69 Å². The fourth-order valence-corrected chi connectivity index (χ4v) is 3.13. The SMILES string of the molecule is CCC1(CC)CN(C(=O)C(N)COC)c2ccccc21.Cl. The van der Waals surface area contributed by atoms with Crippen molar-refractivity contribution in [3.63, 3.8) is 0 Å². The van der Waals surface area contributed by atoms with Crippen molar-refractivity contribution in [1.29, 1.82) is 0 Å². The van der Waals surface area contributed by atoms with Crippen LogP contribution in [0.1, 0.15) is 32.3 Å². The Labute approximate surface area is 133 Å². The van der Waals surface area contributed by atoms with Gasteiger partial charge in [-0.05, 0) is 24.5 Å². The molecule has 0 aromatic heterocycles. The Hall–Kier alpha value is -1.10. The van der Waals surface area contributed by atoms with E-state index in [1.165, 1.54) is 5.56 Å². The molecule has 0 saturated carbocycles. The molecular weight excluding hydrogens is 288 g/mol. The quantitative estimate of drug-likeness (QED) is 0.909. The van der Waals surface area contributed by atoms with Gasteiger partial charge in [-0.3, -0.25) is 4.79 Å². The van der Waals surface area contributed by atoms with Crippen LogP contribution in [0.5, 0.6) is 0 Å². The molecule has 0 spiro atoms. The molecule has 1 atom stereocenters. The lowest BCUT2D eigenvalue weighted by Gasteiger charge is -2.28. The predicted molar refractivity (Wildman–Crippen MR) is 88.2 cm³/mol. The monoisotopic (exact) mass is 312 g/mol. The number of methoxy groups -OCH3 is 1. The summed E-state index contributed by atoms with van der Waals surface area (Å²) < 4.78 is 5.00. The number of nitrogens with two attached hydrogens (primary N) is 1. The standard InChI is InChI=1S/C16H24N2O2.ClH/c1-4-16(5-2)11-18(15(19)13(17)10-20-3)14-9-7-6-8-12(14)16;/h6-9,13H,4-5,10-11,17H2,1-3H3;1H. The second-order valence-corrected chi connectivity index (χ2v) is 5.49. The third kappa shape index (κ3) is 3.07. The third-order valence-corrected chi connectivity index (χ3v) is 4.51. The van der Waals surface area contributed by atoms with Gasteiger partial charge in [-0.2, -0.15) is 0 Å². The van der Waals surface area contributed by atoms with E-state index >= 15 is 0 Å². The van der Waals surface area contributed by atoms with Gasteiger partial charge in [0.1, 0.15) is 6.04 Å². The number of amides is 1. The number of fused-ring (bicyclic) bond motifs is 1. The minimum Gasteiger partial charge on any atom is -0.383 e. The van der Waals surface area contributed by atoms with Gasteiger partial charge < -0.3 is 15.4 Å². The summed E-state index contributed by atoms with van der Waals surface area (Å²) >= 11 is 0. The largest absolute Gasteiger partial charge is 0.383 e. The summed E-state index contributed by atoms with van der Waals surface area (Å²) in [6.07, 6.45) is 2.04. The first-order valence-electron chi connectivity index (χ1n) is 7.25. The first kappa shape index (κ1) is 18.0. The van der Waals surface area contributed by atoms with Crippen molar-refractivity contribution in [2.45, 2.75) is 38.1 Å². The Balaban J connectivity index is 0.00000220. The topological polar surface area (TPSA) is 55.6 Å². The van der Waals surface area contributed by atoms with E-state index in [0.717, 1.165) is 25.1 Å². The van der Waals surface area contributed by atoms with Crippen LogP contribution in [0, 0.1) is 0 Å². The number of hydrogen-bond donors (Lipinski definition) is 1. The van der Waals surface area contributed by atoms with Gasteiger partial charge in [0, 0.05) is 24.8 Å². The van der Waals surface area contributed by atoms with Crippen LogP contribution in [-0.2, 0) is 14.9 Å². The number of anilines is 1. The number of halogens is 1. The predicted octanol–water partition coefficient (Wildman–Crippen LogP) is 2.49. The van der Waals surface area contributed by atoms with E-state index < -0.39 is 6.04 Å². The molecule has 0 saturated heterocycles. The zero-order valence-electron chi connectivity index (χ0n) is 13.0. The Morgan fingerprint density at radius 2 is 2.00 bits per heavy atom. The van der Waals surface area contributed by atoms with E-state index in [9.17, 15) is 4.79 Å². The highest BCUT2D eigenvalue weighted by Crippen LogP contribution is 2.45. The molecule has 2 rings (SSSR count). The zero-order valence-corrected chi connectivity index (χ0v) is 13.8. The van der Waals surface area contributed by atoms with Gasteiger partial charge in [0.25, 0.3) is 0 Å². The molecular formula is C16H25ClN2O2. The summed E-state index contributed by atoms with van der Waals surface area (Å²) in [7, 11) is 1.56. The molecule has 1 aromatic rings. The molecule has 1 aromatic carbocycles. The van der Waals surface area contributed by atoms with Crippen LogP contribution in [0.2, 0.25) is 0 Å². The molecule has 1 heterocycles. The Kier molecular flexibility index (Phi) is 6.20. The lowest BCUT2D eigenvalue weighted by Crippen LogP contribution is -2.47. The lowest BCUT2D eigenvalue weighted by atomic mass is 9.78. The van der Waals surface area contributed by atoms with Crippen LogP contribution >= 0.6 is 12.4 Å². The first-order valence-corrected chi connectivity index (χ1v) is 7.25. The van der Waals surface area contributed by atoms with Crippen molar-refractivity contribution in [3.05, 3.63) is 29.8 Å². The van der Waals surface area contributed by atoms with Crippen LogP contribution in [0.3, 0.4) is 0 Å². The minimum atomic E-state index is -0.599. The fraction of sp³-hybridized carbons (Fsp3) is 0.562. The maximum atomic E-state index is 12.5. The van der Waals surface area contributed by atoms with Gasteiger partial charge in [-0.25, -0.2) is 0 Å². The smallest absolute Gasteiger partial charge is 0.246 e. The third-order valence-electron chi connectivity index (χ3n) is 4.51. The Morgan fingerprint density at radius 1 is 1.38 bits per heavy atom. The molecule has 0 fully saturated rings. The number of rotatable bonds is 5. The molecule has 118 valence electrons. The molecule has 0 bridgehead atoms. The van der Waals surface area contributed by atoms with Crippen molar-refractivity contribution in [3.8, 4) is 0 Å². The van der Waals surface area contributed by atoms with Gasteiger partial charge in [0.15, 0.2) is 0 Å². The van der Waals surface area contributed by atoms with Gasteiger partial charge in [-0.15, -0.1) is 12.4 Å². The van der Waals surface area contributed by atoms with E-state index in [4.69, 9.17) is 10.5 Å². The van der Waals surface area contributed by atoms with Crippen LogP contribution in [0.25, 0.3) is 0 Å². The molecule has 1 aliphatic heterocycles. The van der Waals surface area contributed by atoms with Gasteiger partial charge in [0.2, 0.25) is 5.91 Å². The second kappa shape index (κ2) is 7.25. The van der Waals surface area contributed by atoms with Gasteiger partial charge >= 0.3 is 0 Å². The Bertz CT molecular complexity index is 489. The first-order chi connectivity index (χ1) is 9.59. The molecule has 0 radical (unpaired) electrons. The number of carbonyl (C=O) groups excluding carboxylic acids is 1. The maximum absolute atomic E-state index is 12.5. The van der Waals surface area contributed by atoms with Crippen molar-refractivity contribution in [2.24, 2.45) is 5.73 Å². The summed E-state index contributed by atoms with van der Waals surface area (Å²) in [6, 6.07) is 7.57. The summed E-state index contributed by atoms with van der Waals surface area (Å²) in [4.78, 5) is 14.4. The van der Waals surface area contributed by atoms with Crippen molar-refractivity contribution in [2.75, 3.05) is 25.2 Å². The maximum Gasteiger partial charge on any atom is 0.246 e. The molecule has 0 aliphatic carbocycles. The number of nitrogens with zero attached hydrogens (tertiary/aromatic N) is 1. The van der Waals surface area contributed by atoms with E-state index in [1.54, 1.807) is 7.11 Å². The number of carbonyl (C=O) groups is 1. The fourth-order valence-electron chi connectivity index (χ4n) is 3.13.